The van der Waals surface area contributed by atoms with Gasteiger partial charge in [-0.1, -0.05) is 17.3 Å². The van der Waals surface area contributed by atoms with Crippen LogP contribution in [0, 0.1) is 0 Å². The van der Waals surface area contributed by atoms with Crippen molar-refractivity contribution in [1.29, 1.82) is 0 Å². The number of carbonyl (C=O) groups is 1. The highest BCUT2D eigenvalue weighted by molar-refractivity contribution is 5.79. The van der Waals surface area contributed by atoms with E-state index in [0.29, 0.717) is 37.0 Å². The van der Waals surface area contributed by atoms with E-state index in [-0.39, 0.29) is 11.8 Å². The Morgan fingerprint density at radius 3 is 2.84 bits per heavy atom. The van der Waals surface area contributed by atoms with Crippen LogP contribution in [0.4, 0.5) is 0 Å². The Labute approximate surface area is 144 Å². The molecule has 1 unspecified atom stereocenters. The molecule has 1 aliphatic heterocycles. The van der Waals surface area contributed by atoms with Crippen LogP contribution < -0.4 is 4.74 Å². The predicted octanol–water partition coefficient (Wildman–Crippen LogP) is 2.85. The average molecular weight is 339 g/mol. The summed E-state index contributed by atoms with van der Waals surface area (Å²) in [4.78, 5) is 18.5. The molecule has 7 nitrogen and oxygen atoms in total. The van der Waals surface area contributed by atoms with Crippen molar-refractivity contribution in [2.24, 2.45) is 0 Å². The normalized spacial score (nSPS) is 17.2. The van der Waals surface area contributed by atoms with Crippen LogP contribution in [0.3, 0.4) is 0 Å². The maximum absolute atomic E-state index is 12.3. The fourth-order valence-corrected chi connectivity index (χ4v) is 2.95. The van der Waals surface area contributed by atoms with Crippen molar-refractivity contribution in [3.8, 4) is 17.4 Å². The Balaban J connectivity index is 1.44. The number of benzene rings is 1. The maximum Gasteiger partial charge on any atom is 0.293 e. The molecule has 0 bridgehead atoms. The van der Waals surface area contributed by atoms with Crippen LogP contribution in [0.15, 0.2) is 51.6 Å². The summed E-state index contributed by atoms with van der Waals surface area (Å²) in [7, 11) is 1.63. The van der Waals surface area contributed by atoms with E-state index in [1.807, 2.05) is 29.2 Å². The van der Waals surface area contributed by atoms with Crippen molar-refractivity contribution >= 4 is 5.91 Å². The van der Waals surface area contributed by atoms with Gasteiger partial charge in [-0.15, -0.1) is 0 Å². The molecule has 1 amide bonds. The van der Waals surface area contributed by atoms with Crippen LogP contribution in [-0.4, -0.2) is 34.6 Å². The third kappa shape index (κ3) is 3.13. The fourth-order valence-electron chi connectivity index (χ4n) is 2.95. The first-order valence-electron chi connectivity index (χ1n) is 8.01. The summed E-state index contributed by atoms with van der Waals surface area (Å²) in [6, 6.07) is 11.2. The second-order valence-corrected chi connectivity index (χ2v) is 5.96. The molecule has 1 saturated heterocycles. The van der Waals surface area contributed by atoms with E-state index in [9.17, 15) is 4.79 Å². The van der Waals surface area contributed by atoms with Crippen molar-refractivity contribution in [1.82, 2.24) is 15.0 Å². The molecule has 128 valence electrons. The summed E-state index contributed by atoms with van der Waals surface area (Å²) < 4.78 is 15.6. The zero-order chi connectivity index (χ0) is 17.2. The number of hydrogen-bond acceptors (Lipinski definition) is 6. The highest BCUT2D eigenvalue weighted by atomic mass is 16.5. The number of furan rings is 1. The quantitative estimate of drug-likeness (QED) is 0.711. The number of methoxy groups -OCH3 is 1. The minimum atomic E-state index is -0.0711. The van der Waals surface area contributed by atoms with Gasteiger partial charge in [0.15, 0.2) is 11.6 Å². The Hall–Kier alpha value is -3.09. The van der Waals surface area contributed by atoms with E-state index in [4.69, 9.17) is 13.7 Å². The first kappa shape index (κ1) is 15.4. The summed E-state index contributed by atoms with van der Waals surface area (Å²) in [5.41, 5.74) is 1.05. The van der Waals surface area contributed by atoms with Gasteiger partial charge >= 0.3 is 0 Å². The van der Waals surface area contributed by atoms with Crippen LogP contribution in [0.25, 0.3) is 11.7 Å². The van der Waals surface area contributed by atoms with Crippen molar-refractivity contribution in [3.05, 3.63) is 54.0 Å². The molecule has 4 rings (SSSR count). The topological polar surface area (TPSA) is 81.6 Å². The Kier molecular flexibility index (Phi) is 3.97. The van der Waals surface area contributed by atoms with Gasteiger partial charge in [-0.25, -0.2) is 0 Å². The minimum absolute atomic E-state index is 0.0711. The van der Waals surface area contributed by atoms with Gasteiger partial charge in [-0.05, 0) is 29.8 Å². The van der Waals surface area contributed by atoms with Crippen LogP contribution >= 0.6 is 0 Å². The third-order valence-electron chi connectivity index (χ3n) is 4.29. The molecule has 1 atom stereocenters. The first-order valence-corrected chi connectivity index (χ1v) is 8.01. The smallest absolute Gasteiger partial charge is 0.293 e. The first-order chi connectivity index (χ1) is 12.2. The predicted molar refractivity (Wildman–Crippen MR) is 87.8 cm³/mol. The molecule has 1 fully saturated rings. The highest BCUT2D eigenvalue weighted by Gasteiger charge is 2.33. The molecule has 0 saturated carbocycles. The minimum Gasteiger partial charge on any atom is -0.497 e. The molecule has 25 heavy (non-hydrogen) atoms. The number of amides is 1. The van der Waals surface area contributed by atoms with Gasteiger partial charge in [0.1, 0.15) is 5.75 Å². The summed E-state index contributed by atoms with van der Waals surface area (Å²) in [5, 5.41) is 4.01. The summed E-state index contributed by atoms with van der Waals surface area (Å²) in [5.74, 6) is 2.21. The van der Waals surface area contributed by atoms with E-state index in [1.54, 1.807) is 25.5 Å². The number of rotatable bonds is 5. The van der Waals surface area contributed by atoms with E-state index < -0.39 is 0 Å². The molecular formula is C18H17N3O4. The second kappa shape index (κ2) is 6.43. The van der Waals surface area contributed by atoms with E-state index >= 15 is 0 Å². The number of carbonyl (C=O) groups excluding carboxylic acids is 1. The summed E-state index contributed by atoms with van der Waals surface area (Å²) in [6.07, 6.45) is 1.93. The molecule has 0 N–H and O–H groups in total. The van der Waals surface area contributed by atoms with E-state index in [1.165, 1.54) is 0 Å². The molecule has 3 aromatic rings. The van der Waals surface area contributed by atoms with Crippen molar-refractivity contribution in [2.75, 3.05) is 13.7 Å². The number of aromatic nitrogens is 2. The van der Waals surface area contributed by atoms with Gasteiger partial charge in [0, 0.05) is 25.4 Å². The molecule has 2 aromatic heterocycles. The van der Waals surface area contributed by atoms with Crippen LogP contribution in [0.1, 0.15) is 23.7 Å². The second-order valence-electron chi connectivity index (χ2n) is 5.96. The number of ether oxygens (including phenoxy) is 1. The molecule has 0 spiro atoms. The van der Waals surface area contributed by atoms with Gasteiger partial charge in [0.05, 0.1) is 13.4 Å². The van der Waals surface area contributed by atoms with Crippen LogP contribution in [0.2, 0.25) is 0 Å². The van der Waals surface area contributed by atoms with E-state index in [0.717, 1.165) is 11.3 Å². The van der Waals surface area contributed by atoms with Crippen LogP contribution in [0.5, 0.6) is 5.75 Å². The summed E-state index contributed by atoms with van der Waals surface area (Å²) >= 11 is 0. The van der Waals surface area contributed by atoms with E-state index in [2.05, 4.69) is 10.1 Å². The molecule has 0 radical (unpaired) electrons. The van der Waals surface area contributed by atoms with Crippen molar-refractivity contribution in [2.45, 2.75) is 18.9 Å². The lowest BCUT2D eigenvalue weighted by Crippen LogP contribution is -2.24. The molecule has 0 aliphatic carbocycles. The monoisotopic (exact) mass is 339 g/mol. The Morgan fingerprint density at radius 1 is 1.28 bits per heavy atom. The Bertz CT molecular complexity index is 855. The van der Waals surface area contributed by atoms with Crippen molar-refractivity contribution < 1.29 is 18.5 Å². The van der Waals surface area contributed by atoms with Crippen molar-refractivity contribution in [3.63, 3.8) is 0 Å². The molecular weight excluding hydrogens is 322 g/mol. The highest BCUT2D eigenvalue weighted by Crippen LogP contribution is 2.29. The SMILES string of the molecule is COc1ccc(CN2CC(c3noc(-c4ccco4)n3)CC2=O)cc1. The fraction of sp³-hybridized carbons (Fsp3) is 0.278. The number of likely N-dealkylation sites (tertiary alicyclic amines) is 1. The summed E-state index contributed by atoms with van der Waals surface area (Å²) in [6.45, 7) is 1.13. The van der Waals surface area contributed by atoms with Gasteiger partial charge in [-0.3, -0.25) is 4.79 Å². The molecule has 1 aliphatic rings. The number of hydrogen-bond donors (Lipinski definition) is 0. The zero-order valence-corrected chi connectivity index (χ0v) is 13.7. The van der Waals surface area contributed by atoms with Gasteiger partial charge < -0.3 is 18.6 Å². The number of nitrogens with zero attached hydrogens (tertiary/aromatic N) is 3. The maximum atomic E-state index is 12.3. The lowest BCUT2D eigenvalue weighted by molar-refractivity contribution is -0.128. The van der Waals surface area contributed by atoms with Gasteiger partial charge in [-0.2, -0.15) is 4.98 Å². The van der Waals surface area contributed by atoms with Gasteiger partial charge in [0.25, 0.3) is 5.89 Å². The molecule has 3 heterocycles. The molecule has 1 aromatic carbocycles. The van der Waals surface area contributed by atoms with Gasteiger partial charge in [0.2, 0.25) is 5.91 Å². The largest absolute Gasteiger partial charge is 0.497 e. The standard InChI is InChI=1S/C18H17N3O4/c1-23-14-6-4-12(5-7-14)10-21-11-13(9-16(21)22)17-19-18(25-20-17)15-3-2-8-24-15/h2-8,13H,9-11H2,1H3. The zero-order valence-electron chi connectivity index (χ0n) is 13.7. The molecule has 7 heteroatoms. The average Bonchev–Trinajstić information content (AvgIpc) is 3.36. The third-order valence-corrected chi connectivity index (χ3v) is 4.29. The Morgan fingerprint density at radius 2 is 2.12 bits per heavy atom. The lowest BCUT2D eigenvalue weighted by atomic mass is 10.1. The lowest BCUT2D eigenvalue weighted by Gasteiger charge is -2.16. The van der Waals surface area contributed by atoms with Crippen LogP contribution in [-0.2, 0) is 11.3 Å².